The van der Waals surface area contributed by atoms with Crippen LogP contribution in [0.1, 0.15) is 5.56 Å². The van der Waals surface area contributed by atoms with Crippen LogP contribution in [0.15, 0.2) is 18.2 Å². The lowest BCUT2D eigenvalue weighted by Gasteiger charge is -2.06. The zero-order valence-electron chi connectivity index (χ0n) is 7.42. The summed E-state index contributed by atoms with van der Waals surface area (Å²) < 4.78 is 22.7. The molecule has 0 unspecified atom stereocenters. The minimum Gasteiger partial charge on any atom is -0.464 e. The molecule has 0 atom stereocenters. The Morgan fingerprint density at radius 2 is 2.23 bits per heavy atom. The van der Waals surface area contributed by atoms with Crippen LogP contribution in [0.4, 0.5) is 4.39 Å². The van der Waals surface area contributed by atoms with Crippen LogP contribution < -0.4 is 10.5 Å². The maximum absolute atomic E-state index is 13.1. The van der Waals surface area contributed by atoms with Gasteiger partial charge >= 0.3 is 0 Å². The van der Waals surface area contributed by atoms with E-state index in [4.69, 9.17) is 10.5 Å². The van der Waals surface area contributed by atoms with Gasteiger partial charge in [-0.25, -0.2) is 4.39 Å². The van der Waals surface area contributed by atoms with Gasteiger partial charge in [0.25, 0.3) is 0 Å². The molecule has 72 valence electrons. The number of ether oxygens (including phenoxy) is 2. The van der Waals surface area contributed by atoms with Crippen LogP contribution in [0.3, 0.4) is 0 Å². The van der Waals surface area contributed by atoms with E-state index in [2.05, 4.69) is 4.74 Å². The third-order valence-corrected chi connectivity index (χ3v) is 1.56. The lowest BCUT2D eigenvalue weighted by Crippen LogP contribution is -2.02. The molecule has 0 aliphatic carbocycles. The largest absolute Gasteiger partial charge is 0.464 e. The lowest BCUT2D eigenvalue weighted by molar-refractivity contribution is 0.0483. The van der Waals surface area contributed by atoms with Crippen molar-refractivity contribution in [2.24, 2.45) is 5.73 Å². The van der Waals surface area contributed by atoms with Crippen molar-refractivity contribution in [1.82, 2.24) is 0 Å². The Bertz CT molecular complexity index is 278. The standard InChI is InChI=1S/C9H12FNO2/c1-12-6-13-9-3-2-7(5-11)4-8(9)10/h2-4H,5-6,11H2,1H3. The highest BCUT2D eigenvalue weighted by Gasteiger charge is 2.03. The summed E-state index contributed by atoms with van der Waals surface area (Å²) >= 11 is 0. The summed E-state index contributed by atoms with van der Waals surface area (Å²) in [5, 5.41) is 0. The molecule has 0 bridgehead atoms. The molecule has 0 amide bonds. The van der Waals surface area contributed by atoms with Gasteiger partial charge in [-0.15, -0.1) is 0 Å². The number of hydrogen-bond donors (Lipinski definition) is 1. The monoisotopic (exact) mass is 185 g/mol. The molecular formula is C9H12FNO2. The summed E-state index contributed by atoms with van der Waals surface area (Å²) in [7, 11) is 1.48. The molecule has 3 nitrogen and oxygen atoms in total. The molecule has 0 heterocycles. The fourth-order valence-electron chi connectivity index (χ4n) is 0.911. The number of hydrogen-bond acceptors (Lipinski definition) is 3. The van der Waals surface area contributed by atoms with Gasteiger partial charge in [-0.3, -0.25) is 0 Å². The van der Waals surface area contributed by atoms with Gasteiger partial charge in [0.15, 0.2) is 18.4 Å². The van der Waals surface area contributed by atoms with Crippen LogP contribution in [0, 0.1) is 5.82 Å². The zero-order chi connectivity index (χ0) is 9.68. The van der Waals surface area contributed by atoms with Crippen LogP contribution in [-0.4, -0.2) is 13.9 Å². The van der Waals surface area contributed by atoms with E-state index < -0.39 is 5.82 Å². The van der Waals surface area contributed by atoms with Crippen molar-refractivity contribution in [2.75, 3.05) is 13.9 Å². The van der Waals surface area contributed by atoms with E-state index in [0.29, 0.717) is 6.54 Å². The third kappa shape index (κ3) is 2.68. The van der Waals surface area contributed by atoms with E-state index >= 15 is 0 Å². The molecule has 0 saturated heterocycles. The maximum atomic E-state index is 13.1. The van der Waals surface area contributed by atoms with Crippen molar-refractivity contribution in [1.29, 1.82) is 0 Å². The van der Waals surface area contributed by atoms with Crippen molar-refractivity contribution >= 4 is 0 Å². The first-order valence-electron chi connectivity index (χ1n) is 3.88. The second kappa shape index (κ2) is 4.79. The van der Waals surface area contributed by atoms with Crippen LogP contribution in [0.25, 0.3) is 0 Å². The highest BCUT2D eigenvalue weighted by molar-refractivity contribution is 5.29. The molecule has 0 aliphatic rings. The minimum atomic E-state index is -0.417. The molecule has 1 rings (SSSR count). The van der Waals surface area contributed by atoms with Gasteiger partial charge in [0, 0.05) is 13.7 Å². The average molecular weight is 185 g/mol. The molecular weight excluding hydrogens is 173 g/mol. The first-order chi connectivity index (χ1) is 6.27. The summed E-state index contributed by atoms with van der Waals surface area (Å²) in [5.74, 6) is -0.237. The number of rotatable bonds is 4. The SMILES string of the molecule is COCOc1ccc(CN)cc1F. The van der Waals surface area contributed by atoms with Crippen molar-refractivity contribution in [2.45, 2.75) is 6.54 Å². The molecule has 0 aliphatic heterocycles. The van der Waals surface area contributed by atoms with E-state index in [1.54, 1.807) is 6.07 Å². The number of benzene rings is 1. The van der Waals surface area contributed by atoms with E-state index in [0.717, 1.165) is 5.56 Å². The lowest BCUT2D eigenvalue weighted by atomic mass is 10.2. The molecule has 0 aromatic heterocycles. The van der Waals surface area contributed by atoms with Crippen molar-refractivity contribution < 1.29 is 13.9 Å². The van der Waals surface area contributed by atoms with Gasteiger partial charge in [-0.2, -0.15) is 0 Å². The quantitative estimate of drug-likeness (QED) is 0.718. The molecule has 2 N–H and O–H groups in total. The molecule has 0 fully saturated rings. The molecule has 4 heteroatoms. The fraction of sp³-hybridized carbons (Fsp3) is 0.333. The fourth-order valence-corrected chi connectivity index (χ4v) is 0.911. The van der Waals surface area contributed by atoms with Gasteiger partial charge in [-0.1, -0.05) is 6.07 Å². The molecule has 0 saturated carbocycles. The molecule has 13 heavy (non-hydrogen) atoms. The summed E-state index contributed by atoms with van der Waals surface area (Å²) in [6.07, 6.45) is 0. The highest BCUT2D eigenvalue weighted by Crippen LogP contribution is 2.17. The number of methoxy groups -OCH3 is 1. The summed E-state index contributed by atoms with van der Waals surface area (Å²) in [6.45, 7) is 0.361. The maximum Gasteiger partial charge on any atom is 0.188 e. The van der Waals surface area contributed by atoms with Gasteiger partial charge in [0.2, 0.25) is 0 Å². The van der Waals surface area contributed by atoms with Crippen molar-refractivity contribution in [3.05, 3.63) is 29.6 Å². The van der Waals surface area contributed by atoms with Crippen LogP contribution in [0.2, 0.25) is 0 Å². The second-order valence-electron chi connectivity index (χ2n) is 2.52. The Kier molecular flexibility index (Phi) is 3.67. The topological polar surface area (TPSA) is 44.5 Å². The normalized spacial score (nSPS) is 10.1. The highest BCUT2D eigenvalue weighted by atomic mass is 19.1. The smallest absolute Gasteiger partial charge is 0.188 e. The van der Waals surface area contributed by atoms with Gasteiger partial charge in [0.05, 0.1) is 0 Å². The summed E-state index contributed by atoms with van der Waals surface area (Å²) in [4.78, 5) is 0. The van der Waals surface area contributed by atoms with Crippen LogP contribution >= 0.6 is 0 Å². The molecule has 0 radical (unpaired) electrons. The average Bonchev–Trinajstić information content (AvgIpc) is 2.16. The molecule has 0 spiro atoms. The second-order valence-corrected chi connectivity index (χ2v) is 2.52. The van der Waals surface area contributed by atoms with Crippen molar-refractivity contribution in [3.63, 3.8) is 0 Å². The predicted molar refractivity (Wildman–Crippen MR) is 46.8 cm³/mol. The van der Waals surface area contributed by atoms with Gasteiger partial charge in [0.1, 0.15) is 0 Å². The first kappa shape index (κ1) is 9.95. The van der Waals surface area contributed by atoms with Crippen LogP contribution in [0.5, 0.6) is 5.75 Å². The van der Waals surface area contributed by atoms with Crippen molar-refractivity contribution in [3.8, 4) is 5.75 Å². The van der Waals surface area contributed by atoms with E-state index in [-0.39, 0.29) is 12.5 Å². The predicted octanol–water partition coefficient (Wildman–Crippen LogP) is 1.27. The van der Waals surface area contributed by atoms with Crippen LogP contribution in [-0.2, 0) is 11.3 Å². The number of halogens is 1. The Balaban J connectivity index is 2.73. The summed E-state index contributed by atoms with van der Waals surface area (Å²) in [5.41, 5.74) is 6.07. The molecule has 1 aromatic rings. The van der Waals surface area contributed by atoms with Gasteiger partial charge < -0.3 is 15.2 Å². The third-order valence-electron chi connectivity index (χ3n) is 1.56. The summed E-state index contributed by atoms with van der Waals surface area (Å²) in [6, 6.07) is 4.61. The zero-order valence-corrected chi connectivity index (χ0v) is 7.42. The van der Waals surface area contributed by atoms with E-state index in [1.807, 2.05) is 0 Å². The molecule has 1 aromatic carbocycles. The van der Waals surface area contributed by atoms with Gasteiger partial charge in [-0.05, 0) is 17.7 Å². The first-order valence-corrected chi connectivity index (χ1v) is 3.88. The Morgan fingerprint density at radius 3 is 2.77 bits per heavy atom. The van der Waals surface area contributed by atoms with E-state index in [9.17, 15) is 4.39 Å². The Hall–Kier alpha value is -1.13. The minimum absolute atomic E-state index is 0.0406. The Labute approximate surface area is 76.3 Å². The number of nitrogens with two attached hydrogens (primary N) is 1. The van der Waals surface area contributed by atoms with E-state index in [1.165, 1.54) is 19.2 Å². The Morgan fingerprint density at radius 1 is 1.46 bits per heavy atom.